The minimum Gasteiger partial charge on any atom is -0.372 e. The summed E-state index contributed by atoms with van der Waals surface area (Å²) in [7, 11) is -0.752. The number of nitrogens with one attached hydrogen (secondary N) is 1. The lowest BCUT2D eigenvalue weighted by Crippen LogP contribution is -2.56. The highest BCUT2D eigenvalue weighted by atomic mass is 32.2. The Morgan fingerprint density at radius 2 is 2.18 bits per heavy atom. The predicted octanol–water partition coefficient (Wildman–Crippen LogP) is 2.28. The Labute approximate surface area is 136 Å². The van der Waals surface area contributed by atoms with Gasteiger partial charge in [0.25, 0.3) is 0 Å². The molecule has 1 aliphatic heterocycles. The summed E-state index contributed by atoms with van der Waals surface area (Å²) in [5.74, 6) is 0.712. The van der Waals surface area contributed by atoms with Crippen LogP contribution in [0.1, 0.15) is 52.9 Å². The number of hydrogen-bond acceptors (Lipinski definition) is 3. The van der Waals surface area contributed by atoms with Crippen LogP contribution in [-0.4, -0.2) is 57.5 Å². The standard InChI is InChI=1S/C16H30N2O3S/c1-4-16(3)12-18(9-10-21-16)15(19)17-13-7-6-8-14(11-13)22(20)5-2/h13-14H,4-12H2,1-3H3,(H,17,19). The molecular formula is C16H30N2O3S. The van der Waals surface area contributed by atoms with Crippen molar-refractivity contribution in [3.8, 4) is 0 Å². The molecule has 0 radical (unpaired) electrons. The van der Waals surface area contributed by atoms with Crippen LogP contribution in [0.3, 0.4) is 0 Å². The summed E-state index contributed by atoms with van der Waals surface area (Å²) >= 11 is 0. The summed E-state index contributed by atoms with van der Waals surface area (Å²) in [4.78, 5) is 14.4. The number of rotatable bonds is 4. The van der Waals surface area contributed by atoms with Gasteiger partial charge in [-0.3, -0.25) is 4.21 Å². The van der Waals surface area contributed by atoms with Gasteiger partial charge >= 0.3 is 6.03 Å². The van der Waals surface area contributed by atoms with Crippen LogP contribution in [0.15, 0.2) is 0 Å². The van der Waals surface area contributed by atoms with Gasteiger partial charge in [-0.1, -0.05) is 20.3 Å². The van der Waals surface area contributed by atoms with Crippen molar-refractivity contribution in [3.63, 3.8) is 0 Å². The molecule has 0 aromatic rings. The van der Waals surface area contributed by atoms with Gasteiger partial charge in [0.15, 0.2) is 0 Å². The number of nitrogens with zero attached hydrogens (tertiary/aromatic N) is 1. The molecule has 5 nitrogen and oxygen atoms in total. The zero-order valence-electron chi connectivity index (χ0n) is 14.1. The number of carbonyl (C=O) groups is 1. The van der Waals surface area contributed by atoms with Gasteiger partial charge < -0.3 is 15.0 Å². The fraction of sp³-hybridized carbons (Fsp3) is 0.938. The summed E-state index contributed by atoms with van der Waals surface area (Å²) in [6.07, 6.45) is 4.83. The van der Waals surface area contributed by atoms with Crippen LogP contribution >= 0.6 is 0 Å². The van der Waals surface area contributed by atoms with Crippen LogP contribution in [0, 0.1) is 0 Å². The molecule has 0 aromatic carbocycles. The molecule has 1 heterocycles. The second-order valence-electron chi connectivity index (χ2n) is 6.68. The van der Waals surface area contributed by atoms with Gasteiger partial charge in [0.05, 0.1) is 18.8 Å². The van der Waals surface area contributed by atoms with E-state index in [1.807, 2.05) is 11.8 Å². The van der Waals surface area contributed by atoms with E-state index in [1.54, 1.807) is 0 Å². The maximum absolute atomic E-state index is 12.5. The third-order valence-corrected chi connectivity index (χ3v) is 6.72. The van der Waals surface area contributed by atoms with Gasteiger partial charge in [0, 0.05) is 34.4 Å². The average Bonchev–Trinajstić information content (AvgIpc) is 2.54. The molecule has 1 saturated heterocycles. The topological polar surface area (TPSA) is 58.6 Å². The SMILES string of the molecule is CCS(=O)C1CCCC(NC(=O)N2CCOC(C)(CC)C2)C1. The zero-order chi connectivity index (χ0) is 16.2. The van der Waals surface area contributed by atoms with Crippen molar-refractivity contribution in [2.45, 2.75) is 69.8 Å². The van der Waals surface area contributed by atoms with Crippen molar-refractivity contribution in [3.05, 3.63) is 0 Å². The first-order valence-electron chi connectivity index (χ1n) is 8.54. The molecule has 4 unspecified atom stereocenters. The lowest BCUT2D eigenvalue weighted by molar-refractivity contribution is -0.0875. The predicted molar refractivity (Wildman–Crippen MR) is 89.5 cm³/mol. The Balaban J connectivity index is 1.87. The highest BCUT2D eigenvalue weighted by Gasteiger charge is 2.34. The molecule has 1 N–H and O–H groups in total. The van der Waals surface area contributed by atoms with Gasteiger partial charge in [0.1, 0.15) is 0 Å². The van der Waals surface area contributed by atoms with Crippen LogP contribution in [0.2, 0.25) is 0 Å². The molecule has 0 spiro atoms. The summed E-state index contributed by atoms with van der Waals surface area (Å²) in [5, 5.41) is 3.40. The van der Waals surface area contributed by atoms with E-state index in [-0.39, 0.29) is 22.9 Å². The molecule has 2 rings (SSSR count). The lowest BCUT2D eigenvalue weighted by atomic mass is 9.95. The second-order valence-corrected chi connectivity index (χ2v) is 8.68. The van der Waals surface area contributed by atoms with Gasteiger partial charge in [-0.15, -0.1) is 0 Å². The van der Waals surface area contributed by atoms with Crippen LogP contribution < -0.4 is 5.32 Å². The normalized spacial score (nSPS) is 34.2. The lowest BCUT2D eigenvalue weighted by Gasteiger charge is -2.41. The number of morpholine rings is 1. The van der Waals surface area contributed by atoms with Crippen molar-refractivity contribution in [2.75, 3.05) is 25.4 Å². The highest BCUT2D eigenvalue weighted by Crippen LogP contribution is 2.24. The van der Waals surface area contributed by atoms with Crippen LogP contribution in [0.25, 0.3) is 0 Å². The van der Waals surface area contributed by atoms with Crippen LogP contribution in [0.4, 0.5) is 4.79 Å². The van der Waals surface area contributed by atoms with E-state index in [1.165, 1.54) is 0 Å². The van der Waals surface area contributed by atoms with Gasteiger partial charge in [0.2, 0.25) is 0 Å². The Bertz CT molecular complexity index is 418. The Morgan fingerprint density at radius 3 is 2.86 bits per heavy atom. The monoisotopic (exact) mass is 330 g/mol. The third kappa shape index (κ3) is 4.44. The fourth-order valence-corrected chi connectivity index (χ4v) is 4.68. The Hall–Kier alpha value is -0.620. The molecule has 4 atom stereocenters. The van der Waals surface area contributed by atoms with E-state index >= 15 is 0 Å². The second kappa shape index (κ2) is 7.77. The third-order valence-electron chi connectivity index (χ3n) is 4.98. The molecule has 2 amide bonds. The number of ether oxygens (including phenoxy) is 1. The fourth-order valence-electron chi connectivity index (χ4n) is 3.33. The number of amides is 2. The quantitative estimate of drug-likeness (QED) is 0.860. The summed E-state index contributed by atoms with van der Waals surface area (Å²) in [6, 6.07) is 0.174. The molecule has 2 fully saturated rings. The van der Waals surface area contributed by atoms with Crippen molar-refractivity contribution in [1.29, 1.82) is 0 Å². The molecule has 1 saturated carbocycles. The smallest absolute Gasteiger partial charge is 0.317 e. The van der Waals surface area contributed by atoms with E-state index in [0.717, 1.165) is 32.1 Å². The summed E-state index contributed by atoms with van der Waals surface area (Å²) in [5.41, 5.74) is -0.228. The van der Waals surface area contributed by atoms with E-state index < -0.39 is 10.8 Å². The first-order valence-corrected chi connectivity index (χ1v) is 9.92. The molecule has 1 aliphatic carbocycles. The largest absolute Gasteiger partial charge is 0.372 e. The first-order chi connectivity index (χ1) is 10.5. The van der Waals surface area contributed by atoms with E-state index in [0.29, 0.717) is 25.4 Å². The molecule has 6 heteroatoms. The first kappa shape index (κ1) is 17.7. The molecule has 2 aliphatic rings. The van der Waals surface area contributed by atoms with E-state index in [4.69, 9.17) is 4.74 Å². The Kier molecular flexibility index (Phi) is 6.26. The van der Waals surface area contributed by atoms with Crippen LogP contribution in [0.5, 0.6) is 0 Å². The van der Waals surface area contributed by atoms with E-state index in [2.05, 4.69) is 19.2 Å². The van der Waals surface area contributed by atoms with Crippen molar-refractivity contribution in [1.82, 2.24) is 10.2 Å². The maximum Gasteiger partial charge on any atom is 0.317 e. The number of carbonyl (C=O) groups excluding carboxylic acids is 1. The van der Waals surface area contributed by atoms with Gasteiger partial charge in [-0.2, -0.15) is 0 Å². The molecule has 0 bridgehead atoms. The molecule has 128 valence electrons. The summed E-state index contributed by atoms with van der Waals surface area (Å²) in [6.45, 7) is 8.02. The van der Waals surface area contributed by atoms with E-state index in [9.17, 15) is 9.00 Å². The summed E-state index contributed by atoms with van der Waals surface area (Å²) < 4.78 is 17.8. The van der Waals surface area contributed by atoms with Gasteiger partial charge in [-0.05, 0) is 32.6 Å². The highest BCUT2D eigenvalue weighted by molar-refractivity contribution is 7.85. The van der Waals surface area contributed by atoms with Crippen molar-refractivity contribution in [2.24, 2.45) is 0 Å². The minimum absolute atomic E-state index is 0.0101. The van der Waals surface area contributed by atoms with Crippen molar-refractivity contribution < 1.29 is 13.7 Å². The van der Waals surface area contributed by atoms with Crippen LogP contribution in [-0.2, 0) is 15.5 Å². The average molecular weight is 330 g/mol. The van der Waals surface area contributed by atoms with Crippen molar-refractivity contribution >= 4 is 16.8 Å². The minimum atomic E-state index is -0.752. The number of hydrogen-bond donors (Lipinski definition) is 1. The van der Waals surface area contributed by atoms with Gasteiger partial charge in [-0.25, -0.2) is 4.79 Å². The Morgan fingerprint density at radius 1 is 1.41 bits per heavy atom. The molecule has 22 heavy (non-hydrogen) atoms. The number of urea groups is 1. The zero-order valence-corrected chi connectivity index (χ0v) is 14.9. The molecule has 0 aromatic heterocycles. The molecular weight excluding hydrogens is 300 g/mol. The maximum atomic E-state index is 12.5.